The normalized spacial score (nSPS) is 14.0. The standard InChI is InChI=1S/C19H17ClFN3OS2/c1-11-17(27-19(22-11)14-7-8-15(20)26-14)18(25)23-16-12(21)5-4-6-13(16)24-9-2-3-10-24/h4-8H,2-3,9-10H2,1H3,(H,23,25). The minimum atomic E-state index is -0.430. The Morgan fingerprint density at radius 1 is 1.22 bits per heavy atom. The smallest absolute Gasteiger partial charge is 0.267 e. The fourth-order valence-corrected chi connectivity index (χ4v) is 5.23. The third-order valence-corrected chi connectivity index (χ3v) is 7.02. The van der Waals surface area contributed by atoms with Gasteiger partial charge in [0.05, 0.1) is 20.6 Å². The summed E-state index contributed by atoms with van der Waals surface area (Å²) in [6.45, 7) is 3.53. The molecule has 1 N–H and O–H groups in total. The SMILES string of the molecule is Cc1nc(-c2ccc(Cl)s2)sc1C(=O)Nc1c(F)cccc1N1CCCC1. The van der Waals surface area contributed by atoms with Crippen LogP contribution in [0.15, 0.2) is 30.3 Å². The highest BCUT2D eigenvalue weighted by atomic mass is 35.5. The number of carbonyl (C=O) groups excluding carboxylic acids is 1. The van der Waals surface area contributed by atoms with Crippen molar-refractivity contribution >= 4 is 51.6 Å². The van der Waals surface area contributed by atoms with E-state index >= 15 is 0 Å². The van der Waals surface area contributed by atoms with E-state index in [9.17, 15) is 9.18 Å². The Morgan fingerprint density at radius 3 is 2.70 bits per heavy atom. The van der Waals surface area contributed by atoms with Crippen molar-refractivity contribution in [1.29, 1.82) is 0 Å². The first-order valence-electron chi connectivity index (χ1n) is 8.61. The minimum absolute atomic E-state index is 0.234. The summed E-state index contributed by atoms with van der Waals surface area (Å²) in [5, 5.41) is 3.51. The lowest BCUT2D eigenvalue weighted by atomic mass is 10.2. The van der Waals surface area contributed by atoms with Crippen LogP contribution < -0.4 is 10.2 Å². The summed E-state index contributed by atoms with van der Waals surface area (Å²) in [4.78, 5) is 20.8. The Hall–Kier alpha value is -1.96. The molecule has 3 aromatic rings. The average Bonchev–Trinajstić information content (AvgIpc) is 3.37. The van der Waals surface area contributed by atoms with Crippen LogP contribution in [-0.4, -0.2) is 24.0 Å². The van der Waals surface area contributed by atoms with Crippen molar-refractivity contribution < 1.29 is 9.18 Å². The fraction of sp³-hybridized carbons (Fsp3) is 0.263. The number of nitrogens with one attached hydrogen (secondary N) is 1. The van der Waals surface area contributed by atoms with Crippen LogP contribution in [0.1, 0.15) is 28.2 Å². The molecule has 3 heterocycles. The molecule has 27 heavy (non-hydrogen) atoms. The van der Waals surface area contributed by atoms with Gasteiger partial charge < -0.3 is 10.2 Å². The number of para-hydroxylation sites is 1. The van der Waals surface area contributed by atoms with Gasteiger partial charge in [-0.2, -0.15) is 0 Å². The summed E-state index contributed by atoms with van der Waals surface area (Å²) in [5.74, 6) is -0.773. The van der Waals surface area contributed by atoms with Gasteiger partial charge in [-0.1, -0.05) is 17.7 Å². The molecule has 0 bridgehead atoms. The van der Waals surface area contributed by atoms with E-state index in [1.54, 1.807) is 19.1 Å². The number of rotatable bonds is 4. The van der Waals surface area contributed by atoms with E-state index in [-0.39, 0.29) is 11.6 Å². The lowest BCUT2D eigenvalue weighted by Gasteiger charge is -2.21. The Morgan fingerprint density at radius 2 is 2.00 bits per heavy atom. The molecule has 0 aliphatic carbocycles. The number of hydrogen-bond acceptors (Lipinski definition) is 5. The molecule has 0 saturated carbocycles. The third kappa shape index (κ3) is 3.72. The number of aromatic nitrogens is 1. The Balaban J connectivity index is 1.63. The van der Waals surface area contributed by atoms with E-state index in [0.29, 0.717) is 14.9 Å². The summed E-state index contributed by atoms with van der Waals surface area (Å²) in [6, 6.07) is 8.58. The molecule has 1 aliphatic rings. The Kier molecular flexibility index (Phi) is 5.16. The van der Waals surface area contributed by atoms with E-state index in [2.05, 4.69) is 15.2 Å². The van der Waals surface area contributed by atoms with Crippen molar-refractivity contribution in [2.75, 3.05) is 23.3 Å². The van der Waals surface area contributed by atoms with Crippen LogP contribution in [0.4, 0.5) is 15.8 Å². The van der Waals surface area contributed by atoms with E-state index in [0.717, 1.165) is 41.5 Å². The number of amides is 1. The van der Waals surface area contributed by atoms with Gasteiger partial charge in [-0.3, -0.25) is 4.79 Å². The molecule has 1 amide bonds. The average molecular weight is 422 g/mol. The summed E-state index contributed by atoms with van der Waals surface area (Å²) in [5.41, 5.74) is 1.59. The van der Waals surface area contributed by atoms with Crippen LogP contribution >= 0.6 is 34.3 Å². The van der Waals surface area contributed by atoms with Gasteiger partial charge in [-0.25, -0.2) is 9.37 Å². The summed E-state index contributed by atoms with van der Waals surface area (Å²) >= 11 is 8.70. The zero-order chi connectivity index (χ0) is 19.0. The highest BCUT2D eigenvalue weighted by molar-refractivity contribution is 7.24. The monoisotopic (exact) mass is 421 g/mol. The first kappa shape index (κ1) is 18.4. The van der Waals surface area contributed by atoms with Crippen LogP contribution in [-0.2, 0) is 0 Å². The Labute approximate surface area is 169 Å². The lowest BCUT2D eigenvalue weighted by Crippen LogP contribution is -2.22. The van der Waals surface area contributed by atoms with Crippen LogP contribution in [0.2, 0.25) is 4.34 Å². The number of hydrogen-bond donors (Lipinski definition) is 1. The van der Waals surface area contributed by atoms with Crippen molar-refractivity contribution in [3.63, 3.8) is 0 Å². The number of halogens is 2. The van der Waals surface area contributed by atoms with E-state index in [1.165, 1.54) is 28.7 Å². The van der Waals surface area contributed by atoms with Gasteiger partial charge in [0.25, 0.3) is 5.91 Å². The predicted molar refractivity (Wildman–Crippen MR) is 111 cm³/mol. The second kappa shape index (κ2) is 7.58. The van der Waals surface area contributed by atoms with Crippen molar-refractivity contribution in [3.05, 3.63) is 51.1 Å². The molecule has 2 aromatic heterocycles. The van der Waals surface area contributed by atoms with Gasteiger partial charge in [-0.15, -0.1) is 22.7 Å². The lowest BCUT2D eigenvalue weighted by molar-refractivity contribution is 0.102. The van der Waals surface area contributed by atoms with Crippen molar-refractivity contribution in [1.82, 2.24) is 4.98 Å². The molecule has 0 atom stereocenters. The molecular formula is C19H17ClFN3OS2. The summed E-state index contributed by atoms with van der Waals surface area (Å²) < 4.78 is 15.2. The topological polar surface area (TPSA) is 45.2 Å². The van der Waals surface area contributed by atoms with Crippen LogP contribution in [0, 0.1) is 12.7 Å². The van der Waals surface area contributed by atoms with Gasteiger partial charge in [-0.05, 0) is 44.0 Å². The van der Waals surface area contributed by atoms with E-state index in [4.69, 9.17) is 11.6 Å². The molecule has 4 rings (SSSR count). The third-order valence-electron chi connectivity index (χ3n) is 4.46. The molecule has 4 nitrogen and oxygen atoms in total. The van der Waals surface area contributed by atoms with Gasteiger partial charge in [0, 0.05) is 13.1 Å². The minimum Gasteiger partial charge on any atom is -0.370 e. The number of thiophene rings is 1. The molecule has 140 valence electrons. The fourth-order valence-electron chi connectivity index (χ4n) is 3.17. The molecule has 8 heteroatoms. The number of aryl methyl sites for hydroxylation is 1. The second-order valence-corrected chi connectivity index (χ2v) is 9.03. The number of thiazole rings is 1. The largest absolute Gasteiger partial charge is 0.370 e. The quantitative estimate of drug-likeness (QED) is 0.576. The maximum absolute atomic E-state index is 14.5. The van der Waals surface area contributed by atoms with Gasteiger partial charge in [0.2, 0.25) is 0 Å². The summed E-state index contributed by atoms with van der Waals surface area (Å²) in [6.07, 6.45) is 2.15. The molecular weight excluding hydrogens is 405 g/mol. The Bertz CT molecular complexity index is 995. The van der Waals surface area contributed by atoms with Crippen LogP contribution in [0.5, 0.6) is 0 Å². The van der Waals surface area contributed by atoms with E-state index in [1.807, 2.05) is 12.1 Å². The second-order valence-electron chi connectivity index (χ2n) is 6.32. The van der Waals surface area contributed by atoms with Gasteiger partial charge in [0.1, 0.15) is 21.4 Å². The molecule has 1 aromatic carbocycles. The molecule has 1 fully saturated rings. The van der Waals surface area contributed by atoms with Crippen molar-refractivity contribution in [2.24, 2.45) is 0 Å². The van der Waals surface area contributed by atoms with Crippen molar-refractivity contribution in [3.8, 4) is 9.88 Å². The zero-order valence-electron chi connectivity index (χ0n) is 14.6. The van der Waals surface area contributed by atoms with E-state index < -0.39 is 5.82 Å². The first-order valence-corrected chi connectivity index (χ1v) is 10.6. The molecule has 1 saturated heterocycles. The van der Waals surface area contributed by atoms with Crippen LogP contribution in [0.25, 0.3) is 9.88 Å². The van der Waals surface area contributed by atoms with Gasteiger partial charge in [0.15, 0.2) is 0 Å². The first-order chi connectivity index (χ1) is 13.0. The number of anilines is 2. The molecule has 1 aliphatic heterocycles. The molecule has 0 radical (unpaired) electrons. The number of benzene rings is 1. The maximum Gasteiger partial charge on any atom is 0.267 e. The molecule has 0 spiro atoms. The highest BCUT2D eigenvalue weighted by Crippen LogP contribution is 2.36. The molecule has 0 unspecified atom stereocenters. The van der Waals surface area contributed by atoms with Crippen LogP contribution in [0.3, 0.4) is 0 Å². The summed E-state index contributed by atoms with van der Waals surface area (Å²) in [7, 11) is 0. The zero-order valence-corrected chi connectivity index (χ0v) is 17.0. The highest BCUT2D eigenvalue weighted by Gasteiger charge is 2.22. The maximum atomic E-state index is 14.5. The number of nitrogens with zero attached hydrogens (tertiary/aromatic N) is 2. The number of carbonyl (C=O) groups is 1. The van der Waals surface area contributed by atoms with Crippen molar-refractivity contribution in [2.45, 2.75) is 19.8 Å². The van der Waals surface area contributed by atoms with Gasteiger partial charge >= 0.3 is 0 Å². The predicted octanol–water partition coefficient (Wildman–Crippen LogP) is 5.83.